The number of rotatable bonds is 1. The normalized spacial score (nSPS) is 17.8. The van der Waals surface area contributed by atoms with Gasteiger partial charge in [-0.3, -0.25) is 0 Å². The fraction of sp³-hybridized carbons (Fsp3) is 0.462. The molecule has 0 spiro atoms. The van der Waals surface area contributed by atoms with Crippen LogP contribution in [-0.4, -0.2) is 22.6 Å². The van der Waals surface area contributed by atoms with Gasteiger partial charge in [-0.25, -0.2) is 4.98 Å². The van der Waals surface area contributed by atoms with Gasteiger partial charge < -0.3 is 9.88 Å². The minimum absolute atomic E-state index is 0.560. The van der Waals surface area contributed by atoms with Gasteiger partial charge in [-0.1, -0.05) is 17.7 Å². The van der Waals surface area contributed by atoms with Gasteiger partial charge in [0.15, 0.2) is 0 Å². The average molecular weight is 250 g/mol. The maximum Gasteiger partial charge on any atom is 0.112 e. The van der Waals surface area contributed by atoms with Crippen LogP contribution in [0.5, 0.6) is 0 Å². The number of fused-ring (bicyclic) bond motifs is 1. The maximum atomic E-state index is 6.19. The number of aromatic nitrogens is 2. The zero-order valence-electron chi connectivity index (χ0n) is 9.91. The number of imidazole rings is 1. The second-order valence-electron chi connectivity index (χ2n) is 4.66. The number of halogens is 1. The van der Waals surface area contributed by atoms with E-state index in [0.29, 0.717) is 5.92 Å². The van der Waals surface area contributed by atoms with Gasteiger partial charge in [-0.15, -0.1) is 0 Å². The fourth-order valence-corrected chi connectivity index (χ4v) is 2.86. The number of benzene rings is 1. The lowest BCUT2D eigenvalue weighted by Gasteiger charge is -2.22. The first-order chi connectivity index (χ1) is 8.27. The van der Waals surface area contributed by atoms with Crippen molar-refractivity contribution < 1.29 is 0 Å². The predicted molar refractivity (Wildman–Crippen MR) is 70.6 cm³/mol. The van der Waals surface area contributed by atoms with Gasteiger partial charge >= 0.3 is 0 Å². The van der Waals surface area contributed by atoms with Crippen LogP contribution in [0.2, 0.25) is 5.02 Å². The van der Waals surface area contributed by atoms with Crippen molar-refractivity contribution in [1.29, 1.82) is 0 Å². The van der Waals surface area contributed by atoms with Crippen LogP contribution in [0.25, 0.3) is 11.0 Å². The van der Waals surface area contributed by atoms with Crippen LogP contribution in [0.15, 0.2) is 18.2 Å². The van der Waals surface area contributed by atoms with E-state index in [1.807, 2.05) is 12.1 Å². The summed E-state index contributed by atoms with van der Waals surface area (Å²) in [5, 5.41) is 4.13. The molecule has 1 fully saturated rings. The summed E-state index contributed by atoms with van der Waals surface area (Å²) in [6, 6.07) is 5.97. The van der Waals surface area contributed by atoms with Crippen molar-refractivity contribution in [3.05, 3.63) is 29.0 Å². The topological polar surface area (TPSA) is 29.9 Å². The molecule has 1 aliphatic rings. The second kappa shape index (κ2) is 4.31. The molecule has 0 amide bonds. The Hall–Kier alpha value is -1.06. The summed E-state index contributed by atoms with van der Waals surface area (Å²) in [5.41, 5.74) is 2.07. The minimum atomic E-state index is 0.560. The molecule has 0 aliphatic carbocycles. The van der Waals surface area contributed by atoms with E-state index in [0.717, 1.165) is 42.0 Å². The van der Waals surface area contributed by atoms with E-state index in [1.165, 1.54) is 5.82 Å². The highest BCUT2D eigenvalue weighted by Crippen LogP contribution is 2.29. The van der Waals surface area contributed by atoms with Crippen LogP contribution in [0.3, 0.4) is 0 Å². The van der Waals surface area contributed by atoms with Gasteiger partial charge in [0.25, 0.3) is 0 Å². The Morgan fingerprint density at radius 3 is 2.82 bits per heavy atom. The first-order valence-corrected chi connectivity index (χ1v) is 6.46. The Morgan fingerprint density at radius 2 is 2.12 bits per heavy atom. The molecular formula is C13H16ClN3. The van der Waals surface area contributed by atoms with E-state index in [1.54, 1.807) is 0 Å². The number of para-hydroxylation sites is 1. The van der Waals surface area contributed by atoms with E-state index in [-0.39, 0.29) is 0 Å². The molecule has 2 heterocycles. The SMILES string of the molecule is Cn1c(C2CCNCC2)nc2c(Cl)cccc21. The molecule has 1 aromatic carbocycles. The Bertz CT molecular complexity index is 541. The summed E-state index contributed by atoms with van der Waals surface area (Å²) in [6.45, 7) is 2.17. The highest BCUT2D eigenvalue weighted by molar-refractivity contribution is 6.34. The molecule has 1 N–H and O–H groups in total. The minimum Gasteiger partial charge on any atom is -0.331 e. The number of hydrogen-bond acceptors (Lipinski definition) is 2. The third-order valence-electron chi connectivity index (χ3n) is 3.60. The van der Waals surface area contributed by atoms with E-state index in [4.69, 9.17) is 16.6 Å². The molecular weight excluding hydrogens is 234 g/mol. The van der Waals surface area contributed by atoms with Crippen LogP contribution in [0.4, 0.5) is 0 Å². The molecule has 1 aliphatic heterocycles. The number of aryl methyl sites for hydroxylation is 1. The number of hydrogen-bond donors (Lipinski definition) is 1. The summed E-state index contributed by atoms with van der Waals surface area (Å²) in [7, 11) is 2.09. The molecule has 3 nitrogen and oxygen atoms in total. The van der Waals surface area contributed by atoms with Crippen molar-refractivity contribution in [3.8, 4) is 0 Å². The average Bonchev–Trinajstić information content (AvgIpc) is 2.70. The highest BCUT2D eigenvalue weighted by Gasteiger charge is 2.21. The standard InChI is InChI=1S/C13H16ClN3/c1-17-11-4-2-3-10(14)12(11)16-13(17)9-5-7-15-8-6-9/h2-4,9,15H,5-8H2,1H3. The summed E-state index contributed by atoms with van der Waals surface area (Å²) in [4.78, 5) is 4.74. The molecule has 17 heavy (non-hydrogen) atoms. The Balaban J connectivity index is 2.10. The molecule has 0 atom stereocenters. The molecule has 4 heteroatoms. The van der Waals surface area contributed by atoms with Crippen molar-refractivity contribution in [3.63, 3.8) is 0 Å². The zero-order valence-corrected chi connectivity index (χ0v) is 10.7. The van der Waals surface area contributed by atoms with E-state index < -0.39 is 0 Å². The van der Waals surface area contributed by atoms with E-state index in [9.17, 15) is 0 Å². The van der Waals surface area contributed by atoms with Gasteiger partial charge in [-0.2, -0.15) is 0 Å². The van der Waals surface area contributed by atoms with Gasteiger partial charge in [-0.05, 0) is 38.1 Å². The zero-order chi connectivity index (χ0) is 11.8. The van der Waals surface area contributed by atoms with Crippen molar-refractivity contribution in [2.24, 2.45) is 7.05 Å². The van der Waals surface area contributed by atoms with Gasteiger partial charge in [0.1, 0.15) is 11.3 Å². The quantitative estimate of drug-likeness (QED) is 0.842. The summed E-state index contributed by atoms with van der Waals surface area (Å²) in [6.07, 6.45) is 2.32. The number of piperidine rings is 1. The third-order valence-corrected chi connectivity index (χ3v) is 3.91. The molecule has 1 saturated heterocycles. The second-order valence-corrected chi connectivity index (χ2v) is 5.07. The van der Waals surface area contributed by atoms with Crippen molar-refractivity contribution in [2.75, 3.05) is 13.1 Å². The molecule has 0 radical (unpaired) electrons. The van der Waals surface area contributed by atoms with Gasteiger partial charge in [0.05, 0.1) is 10.5 Å². The van der Waals surface area contributed by atoms with Crippen LogP contribution >= 0.6 is 11.6 Å². The molecule has 0 unspecified atom stereocenters. The lowest BCUT2D eigenvalue weighted by atomic mass is 9.97. The summed E-state index contributed by atoms with van der Waals surface area (Å²) in [5.74, 6) is 1.74. The smallest absolute Gasteiger partial charge is 0.112 e. The Morgan fingerprint density at radius 1 is 1.35 bits per heavy atom. The predicted octanol–water partition coefficient (Wildman–Crippen LogP) is 2.69. The number of nitrogens with one attached hydrogen (secondary N) is 1. The Kier molecular flexibility index (Phi) is 2.81. The summed E-state index contributed by atoms with van der Waals surface area (Å²) >= 11 is 6.19. The molecule has 90 valence electrons. The van der Waals surface area contributed by atoms with E-state index in [2.05, 4.69) is 23.0 Å². The van der Waals surface area contributed by atoms with Gasteiger partial charge in [0.2, 0.25) is 0 Å². The first kappa shape index (κ1) is 11.1. The van der Waals surface area contributed by atoms with Crippen LogP contribution < -0.4 is 5.32 Å². The third kappa shape index (κ3) is 1.83. The van der Waals surface area contributed by atoms with Crippen LogP contribution in [0.1, 0.15) is 24.6 Å². The lowest BCUT2D eigenvalue weighted by Crippen LogP contribution is -2.27. The van der Waals surface area contributed by atoms with Gasteiger partial charge in [0, 0.05) is 13.0 Å². The van der Waals surface area contributed by atoms with E-state index >= 15 is 0 Å². The summed E-state index contributed by atoms with van der Waals surface area (Å²) < 4.78 is 2.19. The molecule has 2 aromatic rings. The molecule has 1 aromatic heterocycles. The maximum absolute atomic E-state index is 6.19. The number of nitrogens with zero attached hydrogens (tertiary/aromatic N) is 2. The van der Waals surface area contributed by atoms with Crippen molar-refractivity contribution >= 4 is 22.6 Å². The Labute approximate surface area is 106 Å². The molecule has 0 saturated carbocycles. The fourth-order valence-electron chi connectivity index (χ4n) is 2.64. The van der Waals surface area contributed by atoms with Crippen molar-refractivity contribution in [2.45, 2.75) is 18.8 Å². The largest absolute Gasteiger partial charge is 0.331 e. The monoisotopic (exact) mass is 249 g/mol. The van der Waals surface area contributed by atoms with Crippen molar-refractivity contribution in [1.82, 2.24) is 14.9 Å². The molecule has 0 bridgehead atoms. The van der Waals surface area contributed by atoms with Crippen LogP contribution in [0, 0.1) is 0 Å². The first-order valence-electron chi connectivity index (χ1n) is 6.09. The van der Waals surface area contributed by atoms with Crippen LogP contribution in [-0.2, 0) is 7.05 Å². The molecule has 3 rings (SSSR count). The lowest BCUT2D eigenvalue weighted by molar-refractivity contribution is 0.438. The highest BCUT2D eigenvalue weighted by atomic mass is 35.5.